The van der Waals surface area contributed by atoms with Crippen molar-refractivity contribution >= 4 is 46.4 Å². The molecule has 0 saturated heterocycles. The highest BCUT2D eigenvalue weighted by atomic mass is 35.5. The molecule has 0 atom stereocenters. The van der Waals surface area contributed by atoms with Gasteiger partial charge in [-0.15, -0.1) is 0 Å². The number of nitrogens with one attached hydrogen (secondary N) is 2. The van der Waals surface area contributed by atoms with Crippen LogP contribution in [0.5, 0.6) is 11.5 Å². The molecule has 0 spiro atoms. The van der Waals surface area contributed by atoms with E-state index in [1.165, 1.54) is 0 Å². The van der Waals surface area contributed by atoms with Gasteiger partial charge in [0, 0.05) is 16.8 Å². The van der Waals surface area contributed by atoms with Crippen molar-refractivity contribution in [3.8, 4) is 11.5 Å². The van der Waals surface area contributed by atoms with Crippen molar-refractivity contribution in [2.24, 2.45) is 5.10 Å². The van der Waals surface area contributed by atoms with E-state index in [1.807, 2.05) is 0 Å². The van der Waals surface area contributed by atoms with Crippen LogP contribution in [0.15, 0.2) is 47.6 Å². The number of halogens is 2. The first-order chi connectivity index (χ1) is 13.4. The second-order valence-electron chi connectivity index (χ2n) is 5.70. The molecule has 0 aromatic heterocycles. The van der Waals surface area contributed by atoms with Crippen molar-refractivity contribution in [2.45, 2.75) is 13.3 Å². The number of hydrazone groups is 1. The normalized spacial score (nSPS) is 10.9. The standard InChI is InChI=1S/C19H19Cl2N3O4/c1-12(8-18(25)22-17-9-13(20)6-7-16(17)21)23-24-19(26)11-28-15-5-3-4-14(10-15)27-2/h3-7,9-10H,8,11H2,1-2H3,(H,22,25)(H,24,26). The summed E-state index contributed by atoms with van der Waals surface area (Å²) in [6.07, 6.45) is -0.0279. The van der Waals surface area contributed by atoms with Crippen molar-refractivity contribution in [2.75, 3.05) is 19.0 Å². The Bertz CT molecular complexity index is 887. The number of hydrogen-bond donors (Lipinski definition) is 2. The summed E-state index contributed by atoms with van der Waals surface area (Å²) in [5.74, 6) is 0.318. The van der Waals surface area contributed by atoms with Gasteiger partial charge >= 0.3 is 0 Å². The van der Waals surface area contributed by atoms with Crippen molar-refractivity contribution in [3.05, 3.63) is 52.5 Å². The van der Waals surface area contributed by atoms with Crippen molar-refractivity contribution in [1.29, 1.82) is 0 Å². The molecule has 0 bridgehead atoms. The summed E-state index contributed by atoms with van der Waals surface area (Å²) in [6.45, 7) is 1.39. The topological polar surface area (TPSA) is 89.0 Å². The van der Waals surface area contributed by atoms with Crippen LogP contribution in [0.2, 0.25) is 10.0 Å². The maximum absolute atomic E-state index is 12.1. The van der Waals surface area contributed by atoms with E-state index in [4.69, 9.17) is 32.7 Å². The number of methoxy groups -OCH3 is 1. The molecule has 0 radical (unpaired) electrons. The summed E-state index contributed by atoms with van der Waals surface area (Å²) in [5.41, 5.74) is 3.15. The molecule has 0 aliphatic heterocycles. The molecule has 0 saturated carbocycles. The van der Waals surface area contributed by atoms with Gasteiger partial charge in [0.05, 0.1) is 24.2 Å². The van der Waals surface area contributed by atoms with E-state index < -0.39 is 5.91 Å². The summed E-state index contributed by atoms with van der Waals surface area (Å²) in [5, 5.41) is 7.35. The maximum Gasteiger partial charge on any atom is 0.277 e. The smallest absolute Gasteiger partial charge is 0.277 e. The Labute approximate surface area is 172 Å². The van der Waals surface area contributed by atoms with Gasteiger partial charge in [0.15, 0.2) is 6.61 Å². The van der Waals surface area contributed by atoms with Gasteiger partial charge in [-0.2, -0.15) is 5.10 Å². The molecule has 2 amide bonds. The van der Waals surface area contributed by atoms with Crippen LogP contribution >= 0.6 is 23.2 Å². The molecule has 0 heterocycles. The fraction of sp³-hybridized carbons (Fsp3) is 0.211. The Morgan fingerprint density at radius 2 is 1.82 bits per heavy atom. The van der Waals surface area contributed by atoms with Crippen molar-refractivity contribution in [3.63, 3.8) is 0 Å². The zero-order valence-corrected chi connectivity index (χ0v) is 16.8. The molecule has 2 N–H and O–H groups in total. The fourth-order valence-corrected chi connectivity index (χ4v) is 2.43. The molecular weight excluding hydrogens is 405 g/mol. The minimum atomic E-state index is -0.458. The number of amides is 2. The monoisotopic (exact) mass is 423 g/mol. The van der Waals surface area contributed by atoms with Crippen LogP contribution in [0.1, 0.15) is 13.3 Å². The van der Waals surface area contributed by atoms with Crippen LogP contribution in [-0.2, 0) is 9.59 Å². The van der Waals surface area contributed by atoms with E-state index in [1.54, 1.807) is 56.5 Å². The van der Waals surface area contributed by atoms with Crippen molar-refractivity contribution in [1.82, 2.24) is 5.43 Å². The van der Waals surface area contributed by atoms with Gasteiger partial charge in [0.25, 0.3) is 5.91 Å². The predicted molar refractivity (Wildman–Crippen MR) is 109 cm³/mol. The maximum atomic E-state index is 12.1. The second-order valence-corrected chi connectivity index (χ2v) is 6.54. The summed E-state index contributed by atoms with van der Waals surface area (Å²) < 4.78 is 10.4. The SMILES string of the molecule is COc1cccc(OCC(=O)NN=C(C)CC(=O)Nc2cc(Cl)ccc2Cl)c1. The summed E-state index contributed by atoms with van der Waals surface area (Å²) in [7, 11) is 1.54. The first kappa shape index (κ1) is 21.5. The molecule has 148 valence electrons. The zero-order chi connectivity index (χ0) is 20.5. The molecule has 0 unspecified atom stereocenters. The van der Waals surface area contributed by atoms with Gasteiger partial charge in [-0.25, -0.2) is 5.43 Å². The number of carbonyl (C=O) groups is 2. The van der Waals surface area contributed by atoms with Crippen LogP contribution in [0.4, 0.5) is 5.69 Å². The molecule has 2 aromatic carbocycles. The van der Waals surface area contributed by atoms with Crippen molar-refractivity contribution < 1.29 is 19.1 Å². The third kappa shape index (κ3) is 7.09. The Morgan fingerprint density at radius 1 is 1.07 bits per heavy atom. The largest absolute Gasteiger partial charge is 0.497 e. The molecule has 0 fully saturated rings. The highest BCUT2D eigenvalue weighted by Crippen LogP contribution is 2.25. The van der Waals surface area contributed by atoms with Crippen LogP contribution in [-0.4, -0.2) is 31.2 Å². The zero-order valence-electron chi connectivity index (χ0n) is 15.3. The molecule has 2 rings (SSSR count). The number of nitrogens with zero attached hydrogens (tertiary/aromatic N) is 1. The Kier molecular flexibility index (Phi) is 8.10. The first-order valence-electron chi connectivity index (χ1n) is 8.21. The molecule has 28 heavy (non-hydrogen) atoms. The summed E-state index contributed by atoms with van der Waals surface area (Å²) >= 11 is 11.9. The molecule has 7 nitrogen and oxygen atoms in total. The van der Waals surface area contributed by atoms with E-state index in [9.17, 15) is 9.59 Å². The van der Waals surface area contributed by atoms with Gasteiger partial charge in [-0.3, -0.25) is 9.59 Å². The predicted octanol–water partition coefficient (Wildman–Crippen LogP) is 3.90. The number of ether oxygens (including phenoxy) is 2. The summed E-state index contributed by atoms with van der Waals surface area (Å²) in [4.78, 5) is 23.9. The minimum absolute atomic E-state index is 0.0279. The first-order valence-corrected chi connectivity index (χ1v) is 8.96. The van der Waals surface area contributed by atoms with Gasteiger partial charge in [-0.05, 0) is 37.3 Å². The van der Waals surface area contributed by atoms with Crippen LogP contribution in [0.3, 0.4) is 0 Å². The Hall–Kier alpha value is -2.77. The lowest BCUT2D eigenvalue weighted by Crippen LogP contribution is -2.26. The number of carbonyl (C=O) groups excluding carboxylic acids is 2. The van der Waals surface area contributed by atoms with Gasteiger partial charge < -0.3 is 14.8 Å². The van der Waals surface area contributed by atoms with Gasteiger partial charge in [0.1, 0.15) is 11.5 Å². The Balaban J connectivity index is 1.80. The highest BCUT2D eigenvalue weighted by Gasteiger charge is 2.09. The number of benzene rings is 2. The van der Waals surface area contributed by atoms with E-state index in [0.29, 0.717) is 32.9 Å². The van der Waals surface area contributed by atoms with Gasteiger partial charge in [0.2, 0.25) is 5.91 Å². The summed E-state index contributed by atoms with van der Waals surface area (Å²) in [6, 6.07) is 11.6. The molecule has 0 aliphatic carbocycles. The minimum Gasteiger partial charge on any atom is -0.497 e. The van der Waals surface area contributed by atoms with Crippen LogP contribution in [0, 0.1) is 0 Å². The molecule has 9 heteroatoms. The van der Waals surface area contributed by atoms with E-state index in [0.717, 1.165) is 0 Å². The number of hydrogen-bond acceptors (Lipinski definition) is 5. The fourth-order valence-electron chi connectivity index (χ4n) is 2.09. The van der Waals surface area contributed by atoms with E-state index in [-0.39, 0.29) is 18.9 Å². The quantitative estimate of drug-likeness (QED) is 0.497. The lowest BCUT2D eigenvalue weighted by Gasteiger charge is -2.08. The van der Waals surface area contributed by atoms with Gasteiger partial charge in [-0.1, -0.05) is 29.3 Å². The lowest BCUT2D eigenvalue weighted by atomic mass is 10.2. The van der Waals surface area contributed by atoms with E-state index in [2.05, 4.69) is 15.8 Å². The molecule has 2 aromatic rings. The Morgan fingerprint density at radius 3 is 2.57 bits per heavy atom. The molecule has 0 aliphatic rings. The number of rotatable bonds is 8. The highest BCUT2D eigenvalue weighted by molar-refractivity contribution is 6.35. The van der Waals surface area contributed by atoms with E-state index >= 15 is 0 Å². The average molecular weight is 424 g/mol. The molecular formula is C19H19Cl2N3O4. The lowest BCUT2D eigenvalue weighted by molar-refractivity contribution is -0.123. The van der Waals surface area contributed by atoms with Crippen LogP contribution < -0.4 is 20.2 Å². The second kappa shape index (κ2) is 10.5. The average Bonchev–Trinajstić information content (AvgIpc) is 2.67. The third-order valence-electron chi connectivity index (χ3n) is 3.40. The number of anilines is 1. The third-order valence-corrected chi connectivity index (χ3v) is 3.97. The van der Waals surface area contributed by atoms with Crippen LogP contribution in [0.25, 0.3) is 0 Å².